The van der Waals surface area contributed by atoms with Gasteiger partial charge in [-0.1, -0.05) is 25.4 Å². The molecular weight excluding hydrogens is 255 g/mol. The van der Waals surface area contributed by atoms with Gasteiger partial charge in [0.1, 0.15) is 5.82 Å². The molecule has 0 fully saturated rings. The summed E-state index contributed by atoms with van der Waals surface area (Å²) in [5, 5.41) is 0.477. The van der Waals surface area contributed by atoms with Gasteiger partial charge in [-0.25, -0.2) is 4.39 Å². The van der Waals surface area contributed by atoms with Gasteiger partial charge < -0.3 is 4.74 Å². The van der Waals surface area contributed by atoms with Gasteiger partial charge in [-0.2, -0.15) is 0 Å². The Balaban J connectivity index is 3.10. The first-order valence-electron chi connectivity index (χ1n) is 6.03. The van der Waals surface area contributed by atoms with Gasteiger partial charge in [0, 0.05) is 11.6 Å². The molecule has 5 heteroatoms. The van der Waals surface area contributed by atoms with Crippen LogP contribution in [0.4, 0.5) is 4.39 Å². The molecule has 102 valence electrons. The van der Waals surface area contributed by atoms with E-state index < -0.39 is 0 Å². The first kappa shape index (κ1) is 15.4. The average molecular weight is 275 g/mol. The lowest BCUT2D eigenvalue weighted by atomic mass is 9.93. The Morgan fingerprint density at radius 3 is 2.61 bits per heavy atom. The topological polar surface area (TPSA) is 47.3 Å². The van der Waals surface area contributed by atoms with Gasteiger partial charge in [0.15, 0.2) is 0 Å². The highest BCUT2D eigenvalue weighted by molar-refractivity contribution is 6.31. The number of nitrogens with two attached hydrogens (primary N) is 1. The Bertz CT molecular complexity index is 387. The molecule has 2 atom stereocenters. The van der Waals surface area contributed by atoms with E-state index in [0.717, 1.165) is 0 Å². The molecule has 0 bridgehead atoms. The highest BCUT2D eigenvalue weighted by atomic mass is 35.5. The minimum absolute atomic E-state index is 0.167. The Morgan fingerprint density at radius 1 is 1.44 bits per heavy atom. The highest BCUT2D eigenvalue weighted by Crippen LogP contribution is 2.30. The third kappa shape index (κ3) is 3.65. The molecule has 0 aliphatic heterocycles. The van der Waals surface area contributed by atoms with Crippen LogP contribution in [0.1, 0.15) is 32.4 Å². The number of benzene rings is 1. The Kier molecular flexibility index (Phi) is 6.02. The van der Waals surface area contributed by atoms with Crippen molar-refractivity contribution in [3.8, 4) is 0 Å². The molecule has 0 aliphatic carbocycles. The third-order valence-electron chi connectivity index (χ3n) is 2.82. The van der Waals surface area contributed by atoms with Gasteiger partial charge in [0.25, 0.3) is 0 Å². The summed E-state index contributed by atoms with van der Waals surface area (Å²) in [6.45, 7) is 6.53. The molecule has 3 N–H and O–H groups in total. The summed E-state index contributed by atoms with van der Waals surface area (Å²) in [7, 11) is 0. The van der Waals surface area contributed by atoms with Crippen LogP contribution in [0.2, 0.25) is 5.02 Å². The molecule has 0 saturated heterocycles. The maximum atomic E-state index is 13.3. The lowest BCUT2D eigenvalue weighted by Gasteiger charge is -2.30. The van der Waals surface area contributed by atoms with Crippen LogP contribution in [0, 0.1) is 11.7 Å². The van der Waals surface area contributed by atoms with Crippen molar-refractivity contribution in [2.75, 3.05) is 6.61 Å². The Labute approximate surface area is 112 Å². The van der Waals surface area contributed by atoms with E-state index in [1.165, 1.54) is 18.2 Å². The zero-order valence-electron chi connectivity index (χ0n) is 10.9. The lowest BCUT2D eigenvalue weighted by Crippen LogP contribution is -2.41. The predicted molar refractivity (Wildman–Crippen MR) is 71.7 cm³/mol. The molecule has 3 nitrogen and oxygen atoms in total. The van der Waals surface area contributed by atoms with Crippen LogP contribution >= 0.6 is 11.6 Å². The number of ether oxygens (including phenoxy) is 1. The van der Waals surface area contributed by atoms with Crippen LogP contribution in [-0.2, 0) is 4.74 Å². The lowest BCUT2D eigenvalue weighted by molar-refractivity contribution is 0.00274. The molecular formula is C13H20ClFN2O. The first-order valence-corrected chi connectivity index (χ1v) is 6.41. The number of halogens is 2. The van der Waals surface area contributed by atoms with Crippen molar-refractivity contribution >= 4 is 11.6 Å². The summed E-state index contributed by atoms with van der Waals surface area (Å²) in [4.78, 5) is 0. The number of hydrogen-bond donors (Lipinski definition) is 2. The predicted octanol–water partition coefficient (Wildman–Crippen LogP) is 3.04. The third-order valence-corrected chi connectivity index (χ3v) is 3.16. The summed E-state index contributed by atoms with van der Waals surface area (Å²) >= 11 is 6.10. The zero-order chi connectivity index (χ0) is 13.7. The van der Waals surface area contributed by atoms with Crippen molar-refractivity contribution in [2.45, 2.75) is 32.9 Å². The summed E-state index contributed by atoms with van der Waals surface area (Å²) in [5.74, 6) is 5.47. The van der Waals surface area contributed by atoms with E-state index in [9.17, 15) is 4.39 Å². The van der Waals surface area contributed by atoms with E-state index >= 15 is 0 Å². The van der Waals surface area contributed by atoms with E-state index in [2.05, 4.69) is 5.43 Å². The fourth-order valence-electron chi connectivity index (χ4n) is 1.98. The largest absolute Gasteiger partial charge is 0.376 e. The molecule has 1 aromatic carbocycles. The van der Waals surface area contributed by atoms with E-state index in [0.29, 0.717) is 17.2 Å². The zero-order valence-corrected chi connectivity index (χ0v) is 11.7. The molecule has 0 aliphatic rings. The number of nitrogens with one attached hydrogen (secondary N) is 1. The standard InChI is InChI=1S/C13H20ClFN2O/c1-4-18-13(8(2)3)12(17-16)10-7-9(15)5-6-11(10)14/h5-8,12-13,17H,4,16H2,1-3H3. The molecule has 0 spiro atoms. The summed E-state index contributed by atoms with van der Waals surface area (Å²) < 4.78 is 19.0. The molecule has 0 saturated carbocycles. The van der Waals surface area contributed by atoms with Crippen molar-refractivity contribution in [1.82, 2.24) is 5.43 Å². The fraction of sp³-hybridized carbons (Fsp3) is 0.538. The molecule has 0 amide bonds. The van der Waals surface area contributed by atoms with Gasteiger partial charge in [-0.15, -0.1) is 0 Å². The van der Waals surface area contributed by atoms with Gasteiger partial charge >= 0.3 is 0 Å². The van der Waals surface area contributed by atoms with Gasteiger partial charge in [0.2, 0.25) is 0 Å². The van der Waals surface area contributed by atoms with Crippen molar-refractivity contribution in [3.05, 3.63) is 34.6 Å². The van der Waals surface area contributed by atoms with Gasteiger partial charge in [-0.3, -0.25) is 11.3 Å². The maximum Gasteiger partial charge on any atom is 0.123 e. The smallest absolute Gasteiger partial charge is 0.123 e. The minimum atomic E-state index is -0.340. The second kappa shape index (κ2) is 7.04. The van der Waals surface area contributed by atoms with E-state index in [4.69, 9.17) is 22.2 Å². The van der Waals surface area contributed by atoms with Crippen LogP contribution in [0.5, 0.6) is 0 Å². The van der Waals surface area contributed by atoms with E-state index in [1.807, 2.05) is 20.8 Å². The van der Waals surface area contributed by atoms with E-state index in [1.54, 1.807) is 0 Å². The first-order chi connectivity index (χ1) is 8.51. The van der Waals surface area contributed by atoms with Crippen LogP contribution in [-0.4, -0.2) is 12.7 Å². The SMILES string of the molecule is CCOC(C(C)C)C(NN)c1cc(F)ccc1Cl. The molecule has 0 heterocycles. The van der Waals surface area contributed by atoms with Crippen molar-refractivity contribution < 1.29 is 9.13 Å². The monoisotopic (exact) mass is 274 g/mol. The molecule has 2 unspecified atom stereocenters. The minimum Gasteiger partial charge on any atom is -0.376 e. The number of hydrazine groups is 1. The Morgan fingerprint density at radius 2 is 2.11 bits per heavy atom. The van der Waals surface area contributed by atoms with Crippen LogP contribution in [0.25, 0.3) is 0 Å². The highest BCUT2D eigenvalue weighted by Gasteiger charge is 2.27. The second-order valence-corrected chi connectivity index (χ2v) is 4.88. The Hall–Kier alpha value is -0.680. The van der Waals surface area contributed by atoms with E-state index in [-0.39, 0.29) is 23.9 Å². The van der Waals surface area contributed by atoms with Crippen molar-refractivity contribution in [2.24, 2.45) is 11.8 Å². The van der Waals surface area contributed by atoms with Crippen LogP contribution < -0.4 is 11.3 Å². The average Bonchev–Trinajstić information content (AvgIpc) is 2.33. The normalized spacial score (nSPS) is 14.8. The summed E-state index contributed by atoms with van der Waals surface area (Å²) in [6, 6.07) is 3.90. The second-order valence-electron chi connectivity index (χ2n) is 4.47. The molecule has 1 aromatic rings. The van der Waals surface area contributed by atoms with Crippen molar-refractivity contribution in [1.29, 1.82) is 0 Å². The number of hydrogen-bond acceptors (Lipinski definition) is 3. The number of rotatable bonds is 6. The summed E-state index contributed by atoms with van der Waals surface area (Å²) in [5.41, 5.74) is 3.29. The molecule has 18 heavy (non-hydrogen) atoms. The van der Waals surface area contributed by atoms with Gasteiger partial charge in [-0.05, 0) is 36.6 Å². The molecule has 0 aromatic heterocycles. The fourth-order valence-corrected chi connectivity index (χ4v) is 2.22. The summed E-state index contributed by atoms with van der Waals surface area (Å²) in [6.07, 6.45) is -0.167. The molecule has 0 radical (unpaired) electrons. The quantitative estimate of drug-likeness (QED) is 0.619. The van der Waals surface area contributed by atoms with Crippen LogP contribution in [0.15, 0.2) is 18.2 Å². The van der Waals surface area contributed by atoms with Gasteiger partial charge in [0.05, 0.1) is 12.1 Å². The van der Waals surface area contributed by atoms with Crippen LogP contribution in [0.3, 0.4) is 0 Å². The van der Waals surface area contributed by atoms with Crippen molar-refractivity contribution in [3.63, 3.8) is 0 Å². The molecule has 1 rings (SSSR count). The maximum absolute atomic E-state index is 13.3.